The molecule has 0 saturated heterocycles. The van der Waals surface area contributed by atoms with E-state index in [2.05, 4.69) is 18.9 Å². The maximum absolute atomic E-state index is 11.0. The lowest BCUT2D eigenvalue weighted by Crippen LogP contribution is -2.47. The highest BCUT2D eigenvalue weighted by Crippen LogP contribution is 2.29. The van der Waals surface area contributed by atoms with Gasteiger partial charge in [0.15, 0.2) is 0 Å². The minimum absolute atomic E-state index is 0.114. The molecule has 0 aromatic carbocycles. The average Bonchev–Trinajstić information content (AvgIpc) is 2.26. The van der Waals surface area contributed by atoms with Crippen LogP contribution in [0.2, 0.25) is 0 Å². The van der Waals surface area contributed by atoms with Gasteiger partial charge in [-0.2, -0.15) is 0 Å². The summed E-state index contributed by atoms with van der Waals surface area (Å²) >= 11 is 0. The fourth-order valence-electron chi connectivity index (χ4n) is 2.76. The molecule has 1 fully saturated rings. The number of aliphatic carboxylic acids is 1. The fraction of sp³-hybridized carbons (Fsp3) is 0.923. The molecule has 0 aromatic rings. The molecule has 4 atom stereocenters. The first kappa shape index (κ1) is 13.5. The molecule has 1 saturated carbocycles. The van der Waals surface area contributed by atoms with Crippen molar-refractivity contribution in [1.29, 1.82) is 0 Å². The third-order valence-electron chi connectivity index (χ3n) is 4.34. The lowest BCUT2D eigenvalue weighted by atomic mass is 9.84. The quantitative estimate of drug-likeness (QED) is 0.802. The zero-order valence-corrected chi connectivity index (χ0v) is 10.9. The summed E-state index contributed by atoms with van der Waals surface area (Å²) in [5.74, 6) is -0.288. The Hall–Kier alpha value is -0.570. The number of carbonyl (C=O) groups is 1. The number of hydrogen-bond acceptors (Lipinski definition) is 2. The zero-order valence-electron chi connectivity index (χ0n) is 10.9. The lowest BCUT2D eigenvalue weighted by Gasteiger charge is -2.40. The van der Waals surface area contributed by atoms with Crippen LogP contribution in [0, 0.1) is 11.8 Å². The number of hydrogen-bond donors (Lipinski definition) is 1. The summed E-state index contributed by atoms with van der Waals surface area (Å²) in [5, 5.41) is 9.04. The van der Waals surface area contributed by atoms with Crippen LogP contribution in [-0.4, -0.2) is 35.1 Å². The third-order valence-corrected chi connectivity index (χ3v) is 4.34. The largest absolute Gasteiger partial charge is 0.481 e. The Morgan fingerprint density at radius 2 is 1.88 bits per heavy atom. The average molecular weight is 227 g/mol. The maximum Gasteiger partial charge on any atom is 0.307 e. The van der Waals surface area contributed by atoms with Crippen LogP contribution in [-0.2, 0) is 4.79 Å². The van der Waals surface area contributed by atoms with Crippen LogP contribution in [0.4, 0.5) is 0 Å². The van der Waals surface area contributed by atoms with Gasteiger partial charge in [0.2, 0.25) is 0 Å². The first-order chi connectivity index (χ1) is 7.45. The minimum Gasteiger partial charge on any atom is -0.481 e. The predicted octanol–water partition coefficient (Wildman–Crippen LogP) is 2.61. The molecule has 3 heteroatoms. The van der Waals surface area contributed by atoms with Crippen molar-refractivity contribution in [3.63, 3.8) is 0 Å². The van der Waals surface area contributed by atoms with Gasteiger partial charge in [0, 0.05) is 12.1 Å². The van der Waals surface area contributed by atoms with Crippen molar-refractivity contribution in [2.24, 2.45) is 11.8 Å². The molecular formula is C13H25NO2. The van der Waals surface area contributed by atoms with Crippen molar-refractivity contribution in [1.82, 2.24) is 4.90 Å². The molecule has 0 aliphatic heterocycles. The van der Waals surface area contributed by atoms with E-state index in [1.807, 2.05) is 6.92 Å². The van der Waals surface area contributed by atoms with E-state index in [9.17, 15) is 4.79 Å². The van der Waals surface area contributed by atoms with Gasteiger partial charge >= 0.3 is 5.97 Å². The van der Waals surface area contributed by atoms with Gasteiger partial charge < -0.3 is 5.11 Å². The van der Waals surface area contributed by atoms with E-state index in [0.717, 1.165) is 0 Å². The van der Waals surface area contributed by atoms with Crippen molar-refractivity contribution in [3.8, 4) is 0 Å². The van der Waals surface area contributed by atoms with Crippen LogP contribution in [0.25, 0.3) is 0 Å². The summed E-state index contributed by atoms with van der Waals surface area (Å²) in [6.45, 7) is 6.12. The zero-order chi connectivity index (χ0) is 12.3. The molecule has 0 amide bonds. The Morgan fingerprint density at radius 1 is 1.31 bits per heavy atom. The summed E-state index contributed by atoms with van der Waals surface area (Å²) in [6, 6.07) is 0.675. The normalized spacial score (nSPS) is 30.1. The van der Waals surface area contributed by atoms with E-state index in [1.54, 1.807) is 6.92 Å². The highest BCUT2D eigenvalue weighted by Gasteiger charge is 2.31. The second kappa shape index (κ2) is 5.67. The SMILES string of the molecule is CC1CCCCC1N(C)C(C)C(C)C(=O)O. The summed E-state index contributed by atoms with van der Waals surface area (Å²) in [7, 11) is 2.08. The highest BCUT2D eigenvalue weighted by molar-refractivity contribution is 5.70. The molecule has 0 bridgehead atoms. The first-order valence-electron chi connectivity index (χ1n) is 6.40. The van der Waals surface area contributed by atoms with Crippen molar-refractivity contribution in [2.45, 2.75) is 58.5 Å². The van der Waals surface area contributed by atoms with Crippen LogP contribution in [0.5, 0.6) is 0 Å². The van der Waals surface area contributed by atoms with E-state index >= 15 is 0 Å². The van der Waals surface area contributed by atoms with Gasteiger partial charge in [0.05, 0.1) is 5.92 Å². The Kier molecular flexibility index (Phi) is 4.78. The molecule has 1 N–H and O–H groups in total. The molecular weight excluding hydrogens is 202 g/mol. The van der Waals surface area contributed by atoms with Gasteiger partial charge in [-0.05, 0) is 32.7 Å². The number of nitrogens with zero attached hydrogens (tertiary/aromatic N) is 1. The fourth-order valence-corrected chi connectivity index (χ4v) is 2.76. The predicted molar refractivity (Wildman–Crippen MR) is 65.4 cm³/mol. The molecule has 4 unspecified atom stereocenters. The molecule has 94 valence electrons. The van der Waals surface area contributed by atoms with Crippen LogP contribution < -0.4 is 0 Å². The summed E-state index contributed by atoms with van der Waals surface area (Å²) in [6.07, 6.45) is 5.11. The van der Waals surface area contributed by atoms with Crippen LogP contribution in [0.3, 0.4) is 0 Å². The number of rotatable bonds is 4. The lowest BCUT2D eigenvalue weighted by molar-refractivity contribution is -0.143. The van der Waals surface area contributed by atoms with Crippen molar-refractivity contribution in [3.05, 3.63) is 0 Å². The summed E-state index contributed by atoms with van der Waals surface area (Å²) in [4.78, 5) is 13.3. The monoisotopic (exact) mass is 227 g/mol. The minimum atomic E-state index is -0.692. The number of carboxylic acids is 1. The Bertz CT molecular complexity index is 242. The van der Waals surface area contributed by atoms with Crippen molar-refractivity contribution in [2.75, 3.05) is 7.05 Å². The van der Waals surface area contributed by atoms with Gasteiger partial charge in [0.1, 0.15) is 0 Å². The van der Waals surface area contributed by atoms with Crippen molar-refractivity contribution >= 4 is 5.97 Å². The van der Waals surface area contributed by atoms with Crippen LogP contribution >= 0.6 is 0 Å². The standard InChI is InChI=1S/C13H25NO2/c1-9-7-5-6-8-12(9)14(4)11(3)10(2)13(15)16/h9-12H,5-8H2,1-4H3,(H,15,16). The van der Waals surface area contributed by atoms with Crippen LogP contribution in [0.15, 0.2) is 0 Å². The molecule has 1 rings (SSSR count). The second-order valence-corrected chi connectivity index (χ2v) is 5.36. The molecule has 1 aliphatic rings. The number of carboxylic acid groups (broad SMARTS) is 1. The van der Waals surface area contributed by atoms with Crippen molar-refractivity contribution < 1.29 is 9.90 Å². The highest BCUT2D eigenvalue weighted by atomic mass is 16.4. The molecule has 1 aliphatic carbocycles. The molecule has 0 aromatic heterocycles. The van der Waals surface area contributed by atoms with E-state index in [1.165, 1.54) is 25.7 Å². The van der Waals surface area contributed by atoms with E-state index in [4.69, 9.17) is 5.11 Å². The first-order valence-corrected chi connectivity index (χ1v) is 6.40. The van der Waals surface area contributed by atoms with E-state index in [-0.39, 0.29) is 12.0 Å². The van der Waals surface area contributed by atoms with Gasteiger partial charge in [-0.3, -0.25) is 9.69 Å². The Labute approximate surface area is 98.8 Å². The topological polar surface area (TPSA) is 40.5 Å². The van der Waals surface area contributed by atoms with E-state index in [0.29, 0.717) is 12.0 Å². The smallest absolute Gasteiger partial charge is 0.307 e. The van der Waals surface area contributed by atoms with Gasteiger partial charge in [0.25, 0.3) is 0 Å². The Morgan fingerprint density at radius 3 is 2.38 bits per heavy atom. The van der Waals surface area contributed by atoms with Crippen LogP contribution in [0.1, 0.15) is 46.5 Å². The van der Waals surface area contributed by atoms with Gasteiger partial charge in [-0.15, -0.1) is 0 Å². The third kappa shape index (κ3) is 2.97. The molecule has 0 spiro atoms. The van der Waals surface area contributed by atoms with Gasteiger partial charge in [-0.1, -0.05) is 26.7 Å². The van der Waals surface area contributed by atoms with E-state index < -0.39 is 5.97 Å². The van der Waals surface area contributed by atoms with Gasteiger partial charge in [-0.25, -0.2) is 0 Å². The molecule has 0 radical (unpaired) electrons. The summed E-state index contributed by atoms with van der Waals surface area (Å²) < 4.78 is 0. The molecule has 0 heterocycles. The second-order valence-electron chi connectivity index (χ2n) is 5.36. The summed E-state index contributed by atoms with van der Waals surface area (Å²) in [5.41, 5.74) is 0. The molecule has 3 nitrogen and oxygen atoms in total. The Balaban J connectivity index is 2.61. The maximum atomic E-state index is 11.0. The molecule has 16 heavy (non-hydrogen) atoms.